The normalized spacial score (nSPS) is 20.8. The number of aryl methyl sites for hydroxylation is 1. The summed E-state index contributed by atoms with van der Waals surface area (Å²) in [5, 5.41) is 0. The lowest BCUT2D eigenvalue weighted by molar-refractivity contribution is 0.0573. The van der Waals surface area contributed by atoms with E-state index >= 15 is 0 Å². The lowest BCUT2D eigenvalue weighted by atomic mass is 9.63. The highest BCUT2D eigenvalue weighted by molar-refractivity contribution is 5.96. The number of nitrogens with zero attached hydrogens (tertiary/aromatic N) is 2. The van der Waals surface area contributed by atoms with Gasteiger partial charge in [0.15, 0.2) is 5.78 Å². The molecule has 1 aromatic heterocycles. The lowest BCUT2D eigenvalue weighted by Gasteiger charge is -2.41. The van der Waals surface area contributed by atoms with Gasteiger partial charge in [-0.2, -0.15) is 0 Å². The third-order valence-electron chi connectivity index (χ3n) is 4.87. The number of Topliss-reactive ketones (excluding diaryl/α,β-unsaturated/α-hetero) is 1. The van der Waals surface area contributed by atoms with Gasteiger partial charge in [0.1, 0.15) is 5.69 Å². The molecule has 2 aliphatic rings. The monoisotopic (exact) mass is 246 g/mol. The van der Waals surface area contributed by atoms with Gasteiger partial charge in [0.25, 0.3) is 0 Å². The quantitative estimate of drug-likeness (QED) is 0.747. The fraction of sp³-hybridized carbons (Fsp3) is 0.733. The third kappa shape index (κ3) is 2.00. The van der Waals surface area contributed by atoms with Crippen LogP contribution < -0.4 is 0 Å². The van der Waals surface area contributed by atoms with Crippen molar-refractivity contribution in [3.05, 3.63) is 18.2 Å². The van der Waals surface area contributed by atoms with Gasteiger partial charge in [-0.1, -0.05) is 12.8 Å². The molecule has 3 rings (SSSR count). The standard InChI is InChI=1S/C15H22N2O/c1-2-17-9-13(16-10-17)15(18)14(11-5-3-6-11)12-7-4-8-12/h9-12,14H,2-8H2,1H3. The van der Waals surface area contributed by atoms with Crippen LogP contribution in [-0.2, 0) is 6.54 Å². The predicted octanol–water partition coefficient (Wildman–Crippen LogP) is 3.30. The van der Waals surface area contributed by atoms with Crippen molar-refractivity contribution in [2.24, 2.45) is 17.8 Å². The maximum Gasteiger partial charge on any atom is 0.186 e. The Balaban J connectivity index is 1.78. The Labute approximate surface area is 109 Å². The van der Waals surface area contributed by atoms with E-state index in [1.807, 2.05) is 10.8 Å². The molecule has 2 aliphatic carbocycles. The summed E-state index contributed by atoms with van der Waals surface area (Å²) in [6.45, 7) is 2.96. The molecule has 0 aliphatic heterocycles. The number of hydrogen-bond donors (Lipinski definition) is 0. The molecule has 0 atom stereocenters. The Bertz CT molecular complexity index is 415. The second-order valence-corrected chi connectivity index (χ2v) is 5.86. The summed E-state index contributed by atoms with van der Waals surface area (Å²) in [5.74, 6) is 1.88. The molecule has 0 amide bonds. The molecule has 1 aromatic rings. The Hall–Kier alpha value is -1.12. The average Bonchev–Trinajstić information content (AvgIpc) is 2.70. The van der Waals surface area contributed by atoms with E-state index in [0.29, 0.717) is 23.3 Å². The average molecular weight is 246 g/mol. The van der Waals surface area contributed by atoms with Gasteiger partial charge in [-0.05, 0) is 44.4 Å². The molecule has 0 spiro atoms. The van der Waals surface area contributed by atoms with E-state index in [2.05, 4.69) is 11.9 Å². The second kappa shape index (κ2) is 4.87. The first-order valence-electron chi connectivity index (χ1n) is 7.35. The first-order valence-corrected chi connectivity index (χ1v) is 7.35. The van der Waals surface area contributed by atoms with E-state index in [4.69, 9.17) is 0 Å². The van der Waals surface area contributed by atoms with Gasteiger partial charge in [0.2, 0.25) is 0 Å². The topological polar surface area (TPSA) is 34.9 Å². The van der Waals surface area contributed by atoms with Crippen LogP contribution in [0, 0.1) is 17.8 Å². The SMILES string of the molecule is CCn1cnc(C(=O)C(C2CCC2)C2CCC2)c1. The summed E-state index contributed by atoms with van der Waals surface area (Å²) in [4.78, 5) is 17.0. The highest BCUT2D eigenvalue weighted by Crippen LogP contribution is 2.45. The Morgan fingerprint density at radius 1 is 1.33 bits per heavy atom. The molecule has 0 saturated heterocycles. The van der Waals surface area contributed by atoms with Crippen molar-refractivity contribution in [1.29, 1.82) is 0 Å². The molecule has 0 unspecified atom stereocenters. The highest BCUT2D eigenvalue weighted by Gasteiger charge is 2.41. The molecule has 0 radical (unpaired) electrons. The minimum Gasteiger partial charge on any atom is -0.337 e. The van der Waals surface area contributed by atoms with E-state index in [0.717, 1.165) is 6.54 Å². The Morgan fingerprint density at radius 3 is 2.33 bits per heavy atom. The minimum atomic E-state index is 0.271. The van der Waals surface area contributed by atoms with Gasteiger partial charge in [-0.25, -0.2) is 4.98 Å². The van der Waals surface area contributed by atoms with E-state index in [1.54, 1.807) is 6.33 Å². The number of ketones is 1. The van der Waals surface area contributed by atoms with Gasteiger partial charge in [0, 0.05) is 18.7 Å². The number of aromatic nitrogens is 2. The predicted molar refractivity (Wildman–Crippen MR) is 70.4 cm³/mol. The number of hydrogen-bond acceptors (Lipinski definition) is 2. The molecule has 2 saturated carbocycles. The summed E-state index contributed by atoms with van der Waals surface area (Å²) in [6, 6.07) is 0. The lowest BCUT2D eigenvalue weighted by Crippen LogP contribution is -2.38. The van der Waals surface area contributed by atoms with E-state index in [-0.39, 0.29) is 5.92 Å². The zero-order valence-corrected chi connectivity index (χ0v) is 11.1. The summed E-state index contributed by atoms with van der Waals surface area (Å²) in [6.07, 6.45) is 11.3. The van der Waals surface area contributed by atoms with Gasteiger partial charge in [-0.3, -0.25) is 4.79 Å². The van der Waals surface area contributed by atoms with Crippen molar-refractivity contribution < 1.29 is 4.79 Å². The van der Waals surface area contributed by atoms with E-state index in [9.17, 15) is 4.79 Å². The highest BCUT2D eigenvalue weighted by atomic mass is 16.1. The first kappa shape index (κ1) is 11.9. The van der Waals surface area contributed by atoms with Crippen LogP contribution in [0.5, 0.6) is 0 Å². The fourth-order valence-electron chi connectivity index (χ4n) is 3.24. The van der Waals surface area contributed by atoms with Crippen molar-refractivity contribution in [2.75, 3.05) is 0 Å². The third-order valence-corrected chi connectivity index (χ3v) is 4.87. The van der Waals surface area contributed by atoms with Crippen molar-refractivity contribution in [2.45, 2.75) is 52.0 Å². The molecular weight excluding hydrogens is 224 g/mol. The van der Waals surface area contributed by atoms with Gasteiger partial charge in [0.05, 0.1) is 6.33 Å². The number of carbonyl (C=O) groups excluding carboxylic acids is 1. The minimum absolute atomic E-state index is 0.271. The van der Waals surface area contributed by atoms with Crippen LogP contribution in [0.15, 0.2) is 12.5 Å². The number of carbonyl (C=O) groups is 1. The zero-order valence-electron chi connectivity index (χ0n) is 11.1. The summed E-state index contributed by atoms with van der Waals surface area (Å²) >= 11 is 0. The maximum atomic E-state index is 12.7. The van der Waals surface area contributed by atoms with Crippen LogP contribution in [-0.4, -0.2) is 15.3 Å². The Morgan fingerprint density at radius 2 is 1.94 bits per heavy atom. The molecule has 0 bridgehead atoms. The molecule has 2 fully saturated rings. The molecule has 18 heavy (non-hydrogen) atoms. The summed E-state index contributed by atoms with van der Waals surface area (Å²) in [5.41, 5.74) is 0.695. The molecule has 3 nitrogen and oxygen atoms in total. The first-order chi connectivity index (χ1) is 8.79. The van der Waals surface area contributed by atoms with E-state index in [1.165, 1.54) is 38.5 Å². The molecular formula is C15H22N2O. The van der Waals surface area contributed by atoms with Crippen LogP contribution in [0.2, 0.25) is 0 Å². The molecule has 1 heterocycles. The van der Waals surface area contributed by atoms with Crippen molar-refractivity contribution in [1.82, 2.24) is 9.55 Å². The van der Waals surface area contributed by atoms with E-state index < -0.39 is 0 Å². The fourth-order valence-corrected chi connectivity index (χ4v) is 3.24. The molecule has 3 heteroatoms. The van der Waals surface area contributed by atoms with Gasteiger partial charge in [-0.15, -0.1) is 0 Å². The van der Waals surface area contributed by atoms with Crippen molar-refractivity contribution in [3.63, 3.8) is 0 Å². The van der Waals surface area contributed by atoms with Crippen LogP contribution in [0.1, 0.15) is 55.9 Å². The number of imidazole rings is 1. The maximum absolute atomic E-state index is 12.7. The van der Waals surface area contributed by atoms with Gasteiger partial charge >= 0.3 is 0 Å². The van der Waals surface area contributed by atoms with Crippen LogP contribution in [0.3, 0.4) is 0 Å². The van der Waals surface area contributed by atoms with Crippen molar-refractivity contribution >= 4 is 5.78 Å². The van der Waals surface area contributed by atoms with Crippen LogP contribution >= 0.6 is 0 Å². The summed E-state index contributed by atoms with van der Waals surface area (Å²) in [7, 11) is 0. The second-order valence-electron chi connectivity index (χ2n) is 5.86. The van der Waals surface area contributed by atoms with Gasteiger partial charge < -0.3 is 4.57 Å². The van der Waals surface area contributed by atoms with Crippen LogP contribution in [0.25, 0.3) is 0 Å². The Kier molecular flexibility index (Phi) is 3.23. The largest absolute Gasteiger partial charge is 0.337 e. The number of rotatable bonds is 5. The van der Waals surface area contributed by atoms with Crippen molar-refractivity contribution in [3.8, 4) is 0 Å². The smallest absolute Gasteiger partial charge is 0.186 e. The zero-order chi connectivity index (χ0) is 12.5. The molecule has 0 N–H and O–H groups in total. The molecule has 0 aromatic carbocycles. The van der Waals surface area contributed by atoms with Crippen LogP contribution in [0.4, 0.5) is 0 Å². The molecule has 98 valence electrons. The summed E-state index contributed by atoms with van der Waals surface area (Å²) < 4.78 is 1.99.